The van der Waals surface area contributed by atoms with E-state index in [1.165, 1.54) is 6.21 Å². The Labute approximate surface area is 48.2 Å². The highest BCUT2D eigenvalue weighted by Crippen LogP contribution is 1.91. The normalized spacial score (nSPS) is 9.75. The maximum Gasteiger partial charge on any atom is 0.205 e. The van der Waals surface area contributed by atoms with E-state index in [0.717, 1.165) is 0 Å². The summed E-state index contributed by atoms with van der Waals surface area (Å²) in [4.78, 5) is 3.24. The molecule has 0 saturated carbocycles. The highest BCUT2D eigenvalue weighted by Gasteiger charge is 1.77. The molecule has 0 amide bonds. The lowest BCUT2D eigenvalue weighted by atomic mass is 10.4. The Kier molecular flexibility index (Phi) is 2.77. The van der Waals surface area contributed by atoms with E-state index >= 15 is 0 Å². The van der Waals surface area contributed by atoms with Crippen molar-refractivity contribution in [3.63, 3.8) is 0 Å². The average molecular weight is 113 g/mol. The zero-order valence-corrected chi connectivity index (χ0v) is 4.82. The molecule has 0 saturated heterocycles. The van der Waals surface area contributed by atoms with Crippen molar-refractivity contribution < 1.29 is 4.39 Å². The second kappa shape index (κ2) is 3.13. The van der Waals surface area contributed by atoms with Crippen LogP contribution < -0.4 is 0 Å². The molecule has 0 aromatic carbocycles. The van der Waals surface area contributed by atoms with Gasteiger partial charge in [0.1, 0.15) is 0 Å². The van der Waals surface area contributed by atoms with Crippen molar-refractivity contribution in [3.8, 4) is 0 Å². The Morgan fingerprint density at radius 1 is 1.62 bits per heavy atom. The molecule has 0 aliphatic heterocycles. The molecule has 2 heteroatoms. The summed E-state index contributed by atoms with van der Waals surface area (Å²) in [5, 5.41) is 0. The number of hydrogen-bond acceptors (Lipinski definition) is 1. The monoisotopic (exact) mass is 113 g/mol. The van der Waals surface area contributed by atoms with Crippen molar-refractivity contribution in [2.45, 2.75) is 6.92 Å². The van der Waals surface area contributed by atoms with Gasteiger partial charge >= 0.3 is 0 Å². The van der Waals surface area contributed by atoms with Crippen LogP contribution in [0.15, 0.2) is 29.7 Å². The van der Waals surface area contributed by atoms with Gasteiger partial charge in [-0.25, -0.2) is 4.99 Å². The largest absolute Gasteiger partial charge is 0.229 e. The van der Waals surface area contributed by atoms with Crippen LogP contribution in [0.25, 0.3) is 0 Å². The van der Waals surface area contributed by atoms with Gasteiger partial charge in [0.15, 0.2) is 0 Å². The number of rotatable bonds is 2. The number of hydrogen-bond donors (Lipinski definition) is 0. The van der Waals surface area contributed by atoms with Crippen LogP contribution in [0, 0.1) is 0 Å². The zero-order chi connectivity index (χ0) is 6.57. The molecule has 1 nitrogen and oxygen atoms in total. The van der Waals surface area contributed by atoms with Crippen LogP contribution in [0.4, 0.5) is 4.39 Å². The van der Waals surface area contributed by atoms with Crippen LogP contribution in [0.1, 0.15) is 6.92 Å². The van der Waals surface area contributed by atoms with Crippen molar-refractivity contribution in [2.24, 2.45) is 4.99 Å². The summed E-state index contributed by atoms with van der Waals surface area (Å²) in [6.45, 7) is 8.12. The Hall–Kier alpha value is -0.920. The van der Waals surface area contributed by atoms with Gasteiger partial charge in [-0.15, -0.1) is 0 Å². The molecular weight excluding hydrogens is 105 g/mol. The van der Waals surface area contributed by atoms with Gasteiger partial charge in [0.2, 0.25) is 5.95 Å². The Morgan fingerprint density at radius 3 is 2.25 bits per heavy atom. The summed E-state index contributed by atoms with van der Waals surface area (Å²) >= 11 is 0. The highest BCUT2D eigenvalue weighted by molar-refractivity contribution is 5.77. The lowest BCUT2D eigenvalue weighted by molar-refractivity contribution is 0.634. The molecule has 8 heavy (non-hydrogen) atoms. The fraction of sp³-hybridized carbons (Fsp3) is 0.167. The van der Waals surface area contributed by atoms with E-state index in [4.69, 9.17) is 0 Å². The first-order valence-corrected chi connectivity index (χ1v) is 2.17. The topological polar surface area (TPSA) is 12.4 Å². The number of allylic oxidation sites excluding steroid dienone is 1. The van der Waals surface area contributed by atoms with E-state index in [1.54, 1.807) is 6.92 Å². The zero-order valence-electron chi connectivity index (χ0n) is 4.82. The molecule has 0 radical (unpaired) electrons. The number of halogens is 1. The van der Waals surface area contributed by atoms with Crippen molar-refractivity contribution in [1.82, 2.24) is 0 Å². The number of nitrogens with zero attached hydrogens (tertiary/aromatic N) is 1. The van der Waals surface area contributed by atoms with Gasteiger partial charge in [-0.3, -0.25) is 0 Å². The summed E-state index contributed by atoms with van der Waals surface area (Å²) in [5.74, 6) is -0.687. The summed E-state index contributed by atoms with van der Waals surface area (Å²) in [7, 11) is 0. The predicted octanol–water partition coefficient (Wildman–Crippen LogP) is 2.07. The molecule has 0 rings (SSSR count). The maximum absolute atomic E-state index is 11.6. The highest BCUT2D eigenvalue weighted by atomic mass is 19.1. The minimum atomic E-state index is -0.687. The van der Waals surface area contributed by atoms with E-state index in [1.807, 2.05) is 0 Å². The lowest BCUT2D eigenvalue weighted by Gasteiger charge is -1.81. The molecule has 0 unspecified atom stereocenters. The predicted molar refractivity (Wildman–Crippen MR) is 33.6 cm³/mol. The molecular formula is C6H8FN. The summed E-state index contributed by atoms with van der Waals surface area (Å²) in [5.41, 5.74) is 0.712. The molecule has 0 aromatic rings. The summed E-state index contributed by atoms with van der Waals surface area (Å²) < 4.78 is 11.6. The molecule has 0 N–H and O–H groups in total. The van der Waals surface area contributed by atoms with E-state index in [0.29, 0.717) is 5.57 Å². The minimum Gasteiger partial charge on any atom is -0.229 e. The van der Waals surface area contributed by atoms with E-state index < -0.39 is 5.95 Å². The fourth-order valence-electron chi connectivity index (χ4n) is 0.180. The molecule has 0 aliphatic rings. The van der Waals surface area contributed by atoms with Crippen molar-refractivity contribution in [3.05, 3.63) is 24.7 Å². The minimum absolute atomic E-state index is 0.687. The maximum atomic E-state index is 11.6. The van der Waals surface area contributed by atoms with Crippen LogP contribution in [0.3, 0.4) is 0 Å². The third-order valence-electron chi connectivity index (χ3n) is 0.425. The third kappa shape index (κ3) is 5.08. The first-order valence-electron chi connectivity index (χ1n) is 2.17. The third-order valence-corrected chi connectivity index (χ3v) is 0.425. The van der Waals surface area contributed by atoms with Crippen molar-refractivity contribution in [1.29, 1.82) is 0 Å². The van der Waals surface area contributed by atoms with Gasteiger partial charge in [0.05, 0.1) is 0 Å². The van der Waals surface area contributed by atoms with E-state index in [-0.39, 0.29) is 0 Å². The average Bonchev–Trinajstić information content (AvgIpc) is 1.61. The summed E-state index contributed by atoms with van der Waals surface area (Å²) in [6.07, 6.45) is 1.32. The number of aliphatic imine (C=N–C) groups is 1. The van der Waals surface area contributed by atoms with Crippen LogP contribution in [0.2, 0.25) is 0 Å². The second-order valence-electron chi connectivity index (χ2n) is 1.48. The van der Waals surface area contributed by atoms with E-state index in [2.05, 4.69) is 18.2 Å². The van der Waals surface area contributed by atoms with Gasteiger partial charge in [0, 0.05) is 6.21 Å². The Balaban J connectivity index is 3.67. The van der Waals surface area contributed by atoms with Crippen LogP contribution in [0.5, 0.6) is 0 Å². The standard InChI is InChI=1S/C6H8FN/c1-5(2)4-8-6(3)7/h4H,1,3H2,2H3/b8-4-. The smallest absolute Gasteiger partial charge is 0.205 e. The van der Waals surface area contributed by atoms with Gasteiger partial charge in [-0.05, 0) is 19.1 Å². The molecule has 0 aromatic heterocycles. The van der Waals surface area contributed by atoms with Gasteiger partial charge in [-0.1, -0.05) is 6.58 Å². The second-order valence-corrected chi connectivity index (χ2v) is 1.48. The van der Waals surface area contributed by atoms with Crippen LogP contribution in [-0.4, -0.2) is 6.21 Å². The van der Waals surface area contributed by atoms with Gasteiger partial charge in [-0.2, -0.15) is 4.39 Å². The van der Waals surface area contributed by atoms with Crippen LogP contribution >= 0.6 is 0 Å². The van der Waals surface area contributed by atoms with Crippen molar-refractivity contribution in [2.75, 3.05) is 0 Å². The quantitative estimate of drug-likeness (QED) is 0.384. The molecule has 0 atom stereocenters. The van der Waals surface area contributed by atoms with Crippen molar-refractivity contribution >= 4 is 6.21 Å². The van der Waals surface area contributed by atoms with Gasteiger partial charge < -0.3 is 0 Å². The summed E-state index contributed by atoms with van der Waals surface area (Å²) in [6, 6.07) is 0. The Morgan fingerprint density at radius 2 is 2.12 bits per heavy atom. The molecule has 0 aliphatic carbocycles. The molecule has 0 bridgehead atoms. The first-order chi connectivity index (χ1) is 3.63. The lowest BCUT2D eigenvalue weighted by Crippen LogP contribution is -1.71. The first kappa shape index (κ1) is 7.08. The molecule has 44 valence electrons. The molecule has 0 spiro atoms. The Bertz CT molecular complexity index is 119. The van der Waals surface area contributed by atoms with Crippen LogP contribution in [-0.2, 0) is 0 Å². The fourth-order valence-corrected chi connectivity index (χ4v) is 0.180. The van der Waals surface area contributed by atoms with Gasteiger partial charge in [0.25, 0.3) is 0 Å². The van der Waals surface area contributed by atoms with E-state index in [9.17, 15) is 4.39 Å². The molecule has 0 heterocycles. The molecule has 0 fully saturated rings. The SMILES string of the molecule is C=C(C)/C=N\C(=C)F.